The third-order valence-electron chi connectivity index (χ3n) is 3.36. The minimum atomic E-state index is -0.149. The van der Waals surface area contributed by atoms with Crippen LogP contribution < -0.4 is 5.32 Å². The second-order valence-corrected chi connectivity index (χ2v) is 6.04. The fourth-order valence-corrected chi connectivity index (χ4v) is 3.03. The van der Waals surface area contributed by atoms with Gasteiger partial charge in [-0.2, -0.15) is 0 Å². The lowest BCUT2D eigenvalue weighted by molar-refractivity contribution is 0.102. The van der Waals surface area contributed by atoms with Crippen LogP contribution in [0.4, 0.5) is 5.88 Å². The van der Waals surface area contributed by atoms with E-state index in [-0.39, 0.29) is 5.91 Å². The summed E-state index contributed by atoms with van der Waals surface area (Å²) in [5.41, 5.74) is 2.67. The van der Waals surface area contributed by atoms with E-state index in [2.05, 4.69) is 17.4 Å². The quantitative estimate of drug-likeness (QED) is 0.874. The molecule has 0 saturated heterocycles. The number of benzene rings is 1. The van der Waals surface area contributed by atoms with Crippen LogP contribution in [0, 0.1) is 0 Å². The molecule has 0 fully saturated rings. The minimum absolute atomic E-state index is 0.149. The van der Waals surface area contributed by atoms with E-state index in [0.717, 1.165) is 36.3 Å². The average molecular weight is 288 g/mol. The molecule has 1 N–H and O–H groups in total. The molecule has 1 aliphatic rings. The Morgan fingerprint density at radius 2 is 2.15 bits per heavy atom. The van der Waals surface area contributed by atoms with Crippen LogP contribution in [-0.4, -0.2) is 16.8 Å². The molecule has 1 aromatic carbocycles. The third-order valence-corrected chi connectivity index (χ3v) is 4.26. The molecule has 0 aliphatic heterocycles. The smallest absolute Gasteiger partial charge is 0.258 e. The number of nitrogens with one attached hydrogen (secondary N) is 1. The van der Waals surface area contributed by atoms with Gasteiger partial charge in [0.15, 0.2) is 0 Å². The van der Waals surface area contributed by atoms with Gasteiger partial charge in [0.25, 0.3) is 5.91 Å². The second kappa shape index (κ2) is 5.71. The summed E-state index contributed by atoms with van der Waals surface area (Å²) in [6.07, 6.45) is 2.96. The van der Waals surface area contributed by atoms with Gasteiger partial charge < -0.3 is 4.52 Å². The number of aromatic nitrogens is 1. The Bertz CT molecular complexity index is 619. The van der Waals surface area contributed by atoms with E-state index in [1.165, 1.54) is 4.90 Å². The Balaban J connectivity index is 1.72. The Morgan fingerprint density at radius 1 is 1.35 bits per heavy atom. The maximum absolute atomic E-state index is 12.2. The van der Waals surface area contributed by atoms with Crippen molar-refractivity contribution in [3.05, 3.63) is 41.1 Å². The van der Waals surface area contributed by atoms with Crippen LogP contribution in [0.25, 0.3) is 0 Å². The molecule has 0 saturated carbocycles. The van der Waals surface area contributed by atoms with Gasteiger partial charge >= 0.3 is 0 Å². The molecule has 104 valence electrons. The highest BCUT2D eigenvalue weighted by atomic mass is 32.2. The molecule has 3 rings (SSSR count). The number of rotatable bonds is 4. The Hall–Kier alpha value is -1.75. The molecule has 1 aliphatic carbocycles. The molecule has 0 unspecified atom stereocenters. The van der Waals surface area contributed by atoms with Crippen LogP contribution in [0.2, 0.25) is 0 Å². The molecule has 20 heavy (non-hydrogen) atoms. The van der Waals surface area contributed by atoms with Crippen molar-refractivity contribution in [3.63, 3.8) is 0 Å². The molecule has 0 bridgehead atoms. The highest BCUT2D eigenvalue weighted by Crippen LogP contribution is 2.28. The molecular formula is C15H16N2O2S. The van der Waals surface area contributed by atoms with Crippen molar-refractivity contribution < 1.29 is 9.32 Å². The first-order chi connectivity index (χ1) is 9.78. The second-order valence-electron chi connectivity index (χ2n) is 4.70. The zero-order valence-corrected chi connectivity index (χ0v) is 12.1. The van der Waals surface area contributed by atoms with Gasteiger partial charge in [0.1, 0.15) is 0 Å². The summed E-state index contributed by atoms with van der Waals surface area (Å²) in [5, 5.41) is 6.80. The van der Waals surface area contributed by atoms with Gasteiger partial charge in [-0.1, -0.05) is 12.1 Å². The van der Waals surface area contributed by atoms with Crippen molar-refractivity contribution in [1.29, 1.82) is 0 Å². The zero-order valence-electron chi connectivity index (χ0n) is 11.3. The number of carbonyl (C=O) groups is 1. The van der Waals surface area contributed by atoms with E-state index < -0.39 is 0 Å². The number of amides is 1. The summed E-state index contributed by atoms with van der Waals surface area (Å²) in [6.45, 7) is 2.11. The van der Waals surface area contributed by atoms with Crippen molar-refractivity contribution in [3.8, 4) is 0 Å². The summed E-state index contributed by atoms with van der Waals surface area (Å²) in [6, 6.07) is 7.61. The normalized spacial score (nSPS) is 13.2. The van der Waals surface area contributed by atoms with Crippen LogP contribution in [0.5, 0.6) is 0 Å². The molecule has 1 amide bonds. The van der Waals surface area contributed by atoms with Gasteiger partial charge in [-0.25, -0.2) is 0 Å². The van der Waals surface area contributed by atoms with Crippen molar-refractivity contribution in [2.24, 2.45) is 0 Å². The number of hydrogen-bond donors (Lipinski definition) is 1. The third kappa shape index (κ3) is 2.58. The van der Waals surface area contributed by atoms with E-state index in [1.54, 1.807) is 11.8 Å². The van der Waals surface area contributed by atoms with Gasteiger partial charge in [0.05, 0.1) is 5.69 Å². The first-order valence-corrected chi connectivity index (χ1v) is 7.78. The molecule has 5 heteroatoms. The largest absolute Gasteiger partial charge is 0.338 e. The molecule has 4 nitrogen and oxygen atoms in total. The summed E-state index contributed by atoms with van der Waals surface area (Å²) in [7, 11) is 0. The van der Waals surface area contributed by atoms with Gasteiger partial charge in [-0.15, -0.1) is 11.8 Å². The van der Waals surface area contributed by atoms with E-state index >= 15 is 0 Å². The van der Waals surface area contributed by atoms with Crippen LogP contribution in [0.3, 0.4) is 0 Å². The van der Waals surface area contributed by atoms with Crippen molar-refractivity contribution in [1.82, 2.24) is 5.16 Å². The summed E-state index contributed by atoms with van der Waals surface area (Å²) in [4.78, 5) is 13.3. The minimum Gasteiger partial charge on any atom is -0.338 e. The van der Waals surface area contributed by atoms with Gasteiger partial charge in [0, 0.05) is 16.0 Å². The predicted molar refractivity (Wildman–Crippen MR) is 79.3 cm³/mol. The number of thioether (sulfide) groups is 1. The van der Waals surface area contributed by atoms with E-state index in [9.17, 15) is 4.79 Å². The van der Waals surface area contributed by atoms with Gasteiger partial charge in [-0.3, -0.25) is 10.1 Å². The van der Waals surface area contributed by atoms with Crippen LogP contribution in [0.15, 0.2) is 33.7 Å². The molecule has 0 radical (unpaired) electrons. The zero-order chi connectivity index (χ0) is 13.9. The molecule has 0 atom stereocenters. The SMILES string of the molecule is CCSc1ccc(C(=O)Nc2onc3c2CCC3)cc1. The van der Waals surface area contributed by atoms with Gasteiger partial charge in [-0.05, 0) is 49.3 Å². The van der Waals surface area contributed by atoms with Crippen LogP contribution in [0.1, 0.15) is 35.0 Å². The molecule has 1 aromatic heterocycles. The monoisotopic (exact) mass is 288 g/mol. The number of carbonyl (C=O) groups excluding carboxylic acids is 1. The van der Waals surface area contributed by atoms with E-state index in [0.29, 0.717) is 11.4 Å². The highest BCUT2D eigenvalue weighted by molar-refractivity contribution is 7.99. The highest BCUT2D eigenvalue weighted by Gasteiger charge is 2.22. The summed E-state index contributed by atoms with van der Waals surface area (Å²) in [5.74, 6) is 1.38. The fourth-order valence-electron chi connectivity index (χ4n) is 2.37. The number of hydrogen-bond acceptors (Lipinski definition) is 4. The Labute approximate surface area is 121 Å². The van der Waals surface area contributed by atoms with Crippen molar-refractivity contribution in [2.75, 3.05) is 11.1 Å². The molecule has 1 heterocycles. The fraction of sp³-hybridized carbons (Fsp3) is 0.333. The molecule has 0 spiro atoms. The standard InChI is InChI=1S/C15H16N2O2S/c1-2-20-11-8-6-10(7-9-11)14(18)16-15-12-4-3-5-13(12)17-19-15/h6-9H,2-5H2,1H3,(H,16,18). The summed E-state index contributed by atoms with van der Waals surface area (Å²) >= 11 is 1.76. The number of nitrogens with zero attached hydrogens (tertiary/aromatic N) is 1. The lowest BCUT2D eigenvalue weighted by atomic mass is 10.2. The lowest BCUT2D eigenvalue weighted by Crippen LogP contribution is -2.12. The number of anilines is 1. The van der Waals surface area contributed by atoms with E-state index in [1.807, 2.05) is 24.3 Å². The maximum Gasteiger partial charge on any atom is 0.258 e. The van der Waals surface area contributed by atoms with Crippen molar-refractivity contribution in [2.45, 2.75) is 31.1 Å². The lowest BCUT2D eigenvalue weighted by Gasteiger charge is -2.04. The Morgan fingerprint density at radius 3 is 2.90 bits per heavy atom. The first kappa shape index (κ1) is 13.2. The first-order valence-electron chi connectivity index (χ1n) is 6.79. The van der Waals surface area contributed by atoms with Crippen LogP contribution in [-0.2, 0) is 12.8 Å². The summed E-state index contributed by atoms with van der Waals surface area (Å²) < 4.78 is 5.21. The topological polar surface area (TPSA) is 55.1 Å². The molecular weight excluding hydrogens is 272 g/mol. The van der Waals surface area contributed by atoms with Crippen molar-refractivity contribution >= 4 is 23.6 Å². The Kier molecular flexibility index (Phi) is 3.78. The average Bonchev–Trinajstić information content (AvgIpc) is 3.05. The predicted octanol–water partition coefficient (Wildman–Crippen LogP) is 3.53. The van der Waals surface area contributed by atoms with Gasteiger partial charge in [0.2, 0.25) is 5.88 Å². The van der Waals surface area contributed by atoms with Crippen LogP contribution >= 0.6 is 11.8 Å². The van der Waals surface area contributed by atoms with E-state index in [4.69, 9.17) is 4.52 Å². The number of fused-ring (bicyclic) bond motifs is 1. The maximum atomic E-state index is 12.2. The number of aryl methyl sites for hydroxylation is 1. The molecule has 2 aromatic rings.